The van der Waals surface area contributed by atoms with Crippen LogP contribution in [0.15, 0.2) is 35.1 Å². The molecule has 142 valence electrons. The molecule has 0 atom stereocenters. The first-order valence-electron chi connectivity index (χ1n) is 9.64. The fourth-order valence-electron chi connectivity index (χ4n) is 3.83. The number of benzene rings is 1. The van der Waals surface area contributed by atoms with E-state index in [1.807, 2.05) is 16.5 Å². The molecule has 2 aromatic heterocycles. The van der Waals surface area contributed by atoms with E-state index in [-0.39, 0.29) is 5.56 Å². The highest BCUT2D eigenvalue weighted by molar-refractivity contribution is 7.17. The average molecular weight is 402 g/mol. The number of halogens is 1. The summed E-state index contributed by atoms with van der Waals surface area (Å²) < 4.78 is 1.84. The van der Waals surface area contributed by atoms with Gasteiger partial charge in [0.1, 0.15) is 0 Å². The normalized spacial score (nSPS) is 14.0. The second kappa shape index (κ2) is 8.13. The van der Waals surface area contributed by atoms with Crippen LogP contribution < -0.4 is 5.56 Å². The van der Waals surface area contributed by atoms with Gasteiger partial charge in [-0.2, -0.15) is 0 Å². The highest BCUT2D eigenvalue weighted by Gasteiger charge is 2.19. The smallest absolute Gasteiger partial charge is 0.259 e. The lowest BCUT2D eigenvalue weighted by Gasteiger charge is -2.21. The zero-order valence-corrected chi connectivity index (χ0v) is 17.2. The molecule has 1 aliphatic rings. The van der Waals surface area contributed by atoms with Gasteiger partial charge in [0.15, 0.2) is 4.96 Å². The van der Waals surface area contributed by atoms with Gasteiger partial charge in [-0.25, -0.2) is 4.98 Å². The Balaban J connectivity index is 1.60. The summed E-state index contributed by atoms with van der Waals surface area (Å²) >= 11 is 7.69. The van der Waals surface area contributed by atoms with Crippen LogP contribution in [0, 0.1) is 0 Å². The lowest BCUT2D eigenvalue weighted by atomic mass is 10.0. The molecule has 0 amide bonds. The highest BCUT2D eigenvalue weighted by Crippen LogP contribution is 2.28. The van der Waals surface area contributed by atoms with Crippen molar-refractivity contribution in [3.63, 3.8) is 0 Å². The van der Waals surface area contributed by atoms with E-state index in [0.29, 0.717) is 6.54 Å². The first kappa shape index (κ1) is 18.7. The van der Waals surface area contributed by atoms with E-state index in [0.717, 1.165) is 48.0 Å². The van der Waals surface area contributed by atoms with Crippen LogP contribution in [0.1, 0.15) is 48.0 Å². The molecule has 3 aromatic rings. The van der Waals surface area contributed by atoms with Crippen molar-refractivity contribution >= 4 is 27.9 Å². The Labute approximate surface area is 168 Å². The molecule has 0 bridgehead atoms. The molecule has 0 saturated heterocycles. The minimum absolute atomic E-state index is 0.0670. The first-order chi connectivity index (χ1) is 13.1. The van der Waals surface area contributed by atoms with Crippen molar-refractivity contribution in [1.29, 1.82) is 0 Å². The number of nitrogens with zero attached hydrogens (tertiary/aromatic N) is 3. The summed E-state index contributed by atoms with van der Waals surface area (Å²) in [6.45, 7) is 4.65. The molecular formula is C21H24ClN3OS. The summed E-state index contributed by atoms with van der Waals surface area (Å²) in [7, 11) is 0. The van der Waals surface area contributed by atoms with Crippen LogP contribution >= 0.6 is 22.9 Å². The molecule has 4 rings (SSSR count). The lowest BCUT2D eigenvalue weighted by Crippen LogP contribution is -2.26. The zero-order chi connectivity index (χ0) is 18.8. The van der Waals surface area contributed by atoms with Gasteiger partial charge in [-0.3, -0.25) is 14.1 Å². The maximum Gasteiger partial charge on any atom is 0.259 e. The molecule has 0 spiro atoms. The van der Waals surface area contributed by atoms with Crippen molar-refractivity contribution in [2.24, 2.45) is 0 Å². The summed E-state index contributed by atoms with van der Waals surface area (Å²) in [6.07, 6.45) is 5.51. The number of fused-ring (bicyclic) bond motifs is 3. The number of aryl methyl sites for hydroxylation is 2. The molecule has 0 radical (unpaired) electrons. The van der Waals surface area contributed by atoms with Gasteiger partial charge in [0.2, 0.25) is 0 Å². The summed E-state index contributed by atoms with van der Waals surface area (Å²) in [5.74, 6) is 0. The van der Waals surface area contributed by atoms with Crippen LogP contribution in [0.5, 0.6) is 0 Å². The van der Waals surface area contributed by atoms with E-state index in [1.54, 1.807) is 17.4 Å². The van der Waals surface area contributed by atoms with Gasteiger partial charge in [0.25, 0.3) is 5.56 Å². The first-order valence-corrected chi connectivity index (χ1v) is 10.8. The fraction of sp³-hybridized carbons (Fsp3) is 0.429. The van der Waals surface area contributed by atoms with E-state index in [2.05, 4.69) is 24.0 Å². The molecule has 2 heterocycles. The molecule has 1 aromatic carbocycles. The standard InChI is InChI=1S/C21H24ClN3OS/c1-2-11-24(13-15-7-9-16(22)10-8-15)14-17-12-20(26)25-18-5-3-4-6-19(18)27-21(25)23-17/h7-10,12H,2-6,11,13-14H2,1H3. The largest absolute Gasteiger partial charge is 0.293 e. The second-order valence-corrected chi connectivity index (χ2v) is 8.72. The molecule has 1 aliphatic carbocycles. The van der Waals surface area contributed by atoms with Crippen LogP contribution in [-0.4, -0.2) is 20.8 Å². The Morgan fingerprint density at radius 1 is 1.19 bits per heavy atom. The summed E-state index contributed by atoms with van der Waals surface area (Å²) in [5.41, 5.74) is 3.34. The van der Waals surface area contributed by atoms with Crippen molar-refractivity contribution in [1.82, 2.24) is 14.3 Å². The van der Waals surface area contributed by atoms with Crippen molar-refractivity contribution in [3.05, 3.63) is 67.5 Å². The summed E-state index contributed by atoms with van der Waals surface area (Å²) in [4.78, 5) is 22.1. The molecule has 0 unspecified atom stereocenters. The van der Waals surface area contributed by atoms with Gasteiger partial charge in [0, 0.05) is 34.7 Å². The van der Waals surface area contributed by atoms with E-state index in [1.165, 1.54) is 29.0 Å². The fourth-order valence-corrected chi connectivity index (χ4v) is 5.19. The Morgan fingerprint density at radius 2 is 1.96 bits per heavy atom. The number of thiazole rings is 1. The monoisotopic (exact) mass is 401 g/mol. The van der Waals surface area contributed by atoms with Crippen LogP contribution in [0.3, 0.4) is 0 Å². The van der Waals surface area contributed by atoms with Crippen molar-refractivity contribution in [2.75, 3.05) is 6.54 Å². The Bertz CT molecular complexity index is 993. The maximum absolute atomic E-state index is 12.8. The van der Waals surface area contributed by atoms with Gasteiger partial charge in [-0.05, 0) is 56.3 Å². The highest BCUT2D eigenvalue weighted by atomic mass is 35.5. The third kappa shape index (κ3) is 4.10. The molecule has 27 heavy (non-hydrogen) atoms. The lowest BCUT2D eigenvalue weighted by molar-refractivity contribution is 0.254. The third-order valence-electron chi connectivity index (χ3n) is 5.06. The molecule has 6 heteroatoms. The average Bonchev–Trinajstić information content (AvgIpc) is 3.02. The minimum Gasteiger partial charge on any atom is -0.293 e. The SMILES string of the molecule is CCCN(Cc1ccc(Cl)cc1)Cc1cc(=O)n2c3c(sc2n1)CCCC3. The molecule has 4 nitrogen and oxygen atoms in total. The zero-order valence-electron chi connectivity index (χ0n) is 15.6. The number of hydrogen-bond donors (Lipinski definition) is 0. The maximum atomic E-state index is 12.8. The second-order valence-electron chi connectivity index (χ2n) is 7.22. The van der Waals surface area contributed by atoms with Gasteiger partial charge in [-0.1, -0.05) is 30.7 Å². The summed E-state index contributed by atoms with van der Waals surface area (Å²) in [6, 6.07) is 9.69. The van der Waals surface area contributed by atoms with Gasteiger partial charge >= 0.3 is 0 Å². The Morgan fingerprint density at radius 3 is 2.74 bits per heavy atom. The van der Waals surface area contributed by atoms with Crippen LogP contribution in [-0.2, 0) is 25.9 Å². The third-order valence-corrected chi connectivity index (χ3v) is 6.45. The van der Waals surface area contributed by atoms with Crippen LogP contribution in [0.2, 0.25) is 5.02 Å². The van der Waals surface area contributed by atoms with Crippen molar-refractivity contribution in [3.8, 4) is 0 Å². The van der Waals surface area contributed by atoms with Crippen molar-refractivity contribution < 1.29 is 0 Å². The molecule has 0 N–H and O–H groups in total. The molecule has 0 aliphatic heterocycles. The quantitative estimate of drug-likeness (QED) is 0.600. The number of rotatable bonds is 6. The van der Waals surface area contributed by atoms with Crippen molar-refractivity contribution in [2.45, 2.75) is 52.1 Å². The van der Waals surface area contributed by atoms with E-state index in [9.17, 15) is 4.79 Å². The Hall–Kier alpha value is -1.69. The molecule has 0 fully saturated rings. The van der Waals surface area contributed by atoms with E-state index >= 15 is 0 Å². The van der Waals surface area contributed by atoms with Gasteiger partial charge < -0.3 is 0 Å². The Kier molecular flexibility index (Phi) is 5.62. The molecular weight excluding hydrogens is 378 g/mol. The number of aromatic nitrogens is 2. The minimum atomic E-state index is 0.0670. The molecule has 0 saturated carbocycles. The summed E-state index contributed by atoms with van der Waals surface area (Å²) in [5, 5.41) is 0.752. The predicted octanol–water partition coefficient (Wildman–Crippen LogP) is 4.70. The van der Waals surface area contributed by atoms with Gasteiger partial charge in [-0.15, -0.1) is 11.3 Å². The topological polar surface area (TPSA) is 37.6 Å². The van der Waals surface area contributed by atoms with E-state index in [4.69, 9.17) is 16.6 Å². The van der Waals surface area contributed by atoms with E-state index < -0.39 is 0 Å². The van der Waals surface area contributed by atoms with Crippen LogP contribution in [0.4, 0.5) is 0 Å². The predicted molar refractivity (Wildman–Crippen MR) is 112 cm³/mol. The number of hydrogen-bond acceptors (Lipinski definition) is 4. The van der Waals surface area contributed by atoms with Gasteiger partial charge in [0.05, 0.1) is 5.69 Å². The van der Waals surface area contributed by atoms with Crippen LogP contribution in [0.25, 0.3) is 4.96 Å².